The van der Waals surface area contributed by atoms with Crippen molar-refractivity contribution in [2.75, 3.05) is 0 Å². The van der Waals surface area contributed by atoms with Gasteiger partial charge in [0.15, 0.2) is 14.5 Å². The molecule has 0 fully saturated rings. The molecule has 0 bridgehead atoms. The van der Waals surface area contributed by atoms with E-state index in [1.54, 1.807) is 11.3 Å². The quantitative estimate of drug-likeness (QED) is 0.274. The first-order valence-electron chi connectivity index (χ1n) is 8.83. The second-order valence-electron chi connectivity index (χ2n) is 7.04. The van der Waals surface area contributed by atoms with E-state index in [1.165, 1.54) is 15.0 Å². The number of hydrogen-bond acceptors (Lipinski definition) is 3. The molecule has 0 spiro atoms. The lowest BCUT2D eigenvalue weighted by Crippen LogP contribution is -2.25. The van der Waals surface area contributed by atoms with Gasteiger partial charge in [-0.1, -0.05) is 18.2 Å². The lowest BCUT2D eigenvalue weighted by atomic mass is 10.0. The molecule has 2 nitrogen and oxygen atoms in total. The van der Waals surface area contributed by atoms with E-state index in [9.17, 15) is 4.79 Å². The van der Waals surface area contributed by atoms with E-state index in [1.807, 2.05) is 48.9 Å². The molecular formula is C23H21O2S2+. The van der Waals surface area contributed by atoms with Gasteiger partial charge in [-0.15, -0.1) is 0 Å². The highest BCUT2D eigenvalue weighted by molar-refractivity contribution is 7.45. The number of carbonyl (C=O) groups is 1. The van der Waals surface area contributed by atoms with Gasteiger partial charge in [0.05, 0.1) is 5.56 Å². The maximum absolute atomic E-state index is 12.8. The zero-order valence-electron chi connectivity index (χ0n) is 15.6. The summed E-state index contributed by atoms with van der Waals surface area (Å²) in [5.74, 6) is -0.286. The van der Waals surface area contributed by atoms with E-state index in [-0.39, 0.29) is 16.4 Å². The SMILES string of the molecule is Cc1cc2ccccc2[s+]1-c1cccc(C(=O)OC(C)(C)c2ccsc2)c1. The van der Waals surface area contributed by atoms with Gasteiger partial charge in [0.25, 0.3) is 0 Å². The fourth-order valence-corrected chi connectivity index (χ4v) is 6.32. The zero-order chi connectivity index (χ0) is 19.0. The summed E-state index contributed by atoms with van der Waals surface area (Å²) in [6.07, 6.45) is 0. The van der Waals surface area contributed by atoms with Crippen molar-refractivity contribution in [2.24, 2.45) is 0 Å². The highest BCUT2D eigenvalue weighted by Gasteiger charge is 2.27. The largest absolute Gasteiger partial charge is 0.451 e. The Bertz CT molecular complexity index is 1100. The molecule has 1 atom stereocenters. The van der Waals surface area contributed by atoms with Crippen molar-refractivity contribution in [3.05, 3.63) is 87.4 Å². The molecule has 4 rings (SSSR count). The molecular weight excluding hydrogens is 372 g/mol. The van der Waals surface area contributed by atoms with Crippen LogP contribution < -0.4 is 0 Å². The third-order valence-corrected chi connectivity index (χ3v) is 7.67. The summed E-state index contributed by atoms with van der Waals surface area (Å²) in [6.45, 7) is 6.02. The summed E-state index contributed by atoms with van der Waals surface area (Å²) >= 11 is 1.61. The maximum Gasteiger partial charge on any atom is 0.339 e. The van der Waals surface area contributed by atoms with E-state index >= 15 is 0 Å². The van der Waals surface area contributed by atoms with Crippen LogP contribution in [0.25, 0.3) is 15.0 Å². The topological polar surface area (TPSA) is 26.3 Å². The van der Waals surface area contributed by atoms with Crippen LogP contribution in [0.15, 0.2) is 71.4 Å². The van der Waals surface area contributed by atoms with Crippen molar-refractivity contribution < 1.29 is 9.53 Å². The minimum atomic E-state index is -0.648. The van der Waals surface area contributed by atoms with Gasteiger partial charge in [0.2, 0.25) is 0 Å². The molecule has 0 saturated heterocycles. The number of rotatable bonds is 4. The van der Waals surface area contributed by atoms with E-state index in [2.05, 4.69) is 43.3 Å². The van der Waals surface area contributed by atoms with Gasteiger partial charge in [-0.3, -0.25) is 0 Å². The van der Waals surface area contributed by atoms with E-state index < -0.39 is 5.60 Å². The average Bonchev–Trinajstić information content (AvgIpc) is 3.29. The van der Waals surface area contributed by atoms with Gasteiger partial charge >= 0.3 is 5.97 Å². The van der Waals surface area contributed by atoms with E-state index in [0.29, 0.717) is 5.56 Å². The number of carbonyl (C=O) groups excluding carboxylic acids is 1. The molecule has 27 heavy (non-hydrogen) atoms. The summed E-state index contributed by atoms with van der Waals surface area (Å²) in [6, 6.07) is 20.6. The van der Waals surface area contributed by atoms with Gasteiger partial charge < -0.3 is 4.74 Å². The molecule has 4 aromatic rings. The predicted octanol–water partition coefficient (Wildman–Crippen LogP) is 7.04. The molecule has 0 N–H and O–H groups in total. The summed E-state index contributed by atoms with van der Waals surface area (Å²) in [5.41, 5.74) is 0.966. The summed E-state index contributed by atoms with van der Waals surface area (Å²) in [4.78, 5) is 15.3. The molecule has 2 heterocycles. The Kier molecular flexibility index (Phi) is 4.62. The molecule has 2 aromatic heterocycles. The van der Waals surface area contributed by atoms with Crippen LogP contribution in [0.5, 0.6) is 0 Å². The van der Waals surface area contributed by atoms with Gasteiger partial charge in [0, 0.05) is 40.5 Å². The Morgan fingerprint density at radius 2 is 1.85 bits per heavy atom. The number of fused-ring (bicyclic) bond motifs is 1. The van der Waals surface area contributed by atoms with E-state index in [0.717, 1.165) is 10.5 Å². The van der Waals surface area contributed by atoms with Crippen LogP contribution in [-0.4, -0.2) is 5.97 Å². The normalized spacial score (nSPS) is 12.3. The fourth-order valence-electron chi connectivity index (χ4n) is 3.26. The minimum absolute atomic E-state index is 0.135. The highest BCUT2D eigenvalue weighted by Crippen LogP contribution is 2.43. The van der Waals surface area contributed by atoms with Gasteiger partial charge in [-0.25, -0.2) is 4.79 Å². The summed E-state index contributed by atoms with van der Waals surface area (Å²) < 4.78 is 7.16. The van der Waals surface area contributed by atoms with Crippen molar-refractivity contribution in [3.63, 3.8) is 0 Å². The Hall–Kier alpha value is -2.43. The number of ether oxygens (including phenoxy) is 1. The average molecular weight is 394 g/mol. The summed E-state index contributed by atoms with van der Waals surface area (Å²) in [7, 11) is -0.135. The number of hydrogen-bond donors (Lipinski definition) is 0. The van der Waals surface area contributed by atoms with Crippen molar-refractivity contribution in [1.82, 2.24) is 0 Å². The van der Waals surface area contributed by atoms with Crippen LogP contribution in [0.1, 0.15) is 34.6 Å². The first-order chi connectivity index (χ1) is 13.0. The van der Waals surface area contributed by atoms with Crippen molar-refractivity contribution >= 4 is 37.9 Å². The lowest BCUT2D eigenvalue weighted by molar-refractivity contribution is -0.00294. The minimum Gasteiger partial charge on any atom is -0.451 e. The van der Waals surface area contributed by atoms with Crippen molar-refractivity contribution in [1.29, 1.82) is 0 Å². The molecule has 0 aliphatic rings. The molecule has 0 radical (unpaired) electrons. The first kappa shape index (κ1) is 18.0. The van der Waals surface area contributed by atoms with Crippen molar-refractivity contribution in [3.8, 4) is 4.90 Å². The number of thiophene rings is 2. The number of aryl methyl sites for hydroxylation is 1. The van der Waals surface area contributed by atoms with Crippen LogP contribution in [-0.2, 0) is 10.3 Å². The van der Waals surface area contributed by atoms with Crippen molar-refractivity contribution in [2.45, 2.75) is 26.4 Å². The molecule has 0 aliphatic carbocycles. The molecule has 0 amide bonds. The Morgan fingerprint density at radius 1 is 1.04 bits per heavy atom. The first-order valence-corrected chi connectivity index (χ1v) is 11.0. The van der Waals surface area contributed by atoms with Crippen LogP contribution in [0, 0.1) is 6.92 Å². The monoisotopic (exact) mass is 393 g/mol. The van der Waals surface area contributed by atoms with Crippen LogP contribution in [0.3, 0.4) is 0 Å². The highest BCUT2D eigenvalue weighted by atomic mass is 32.2. The van der Waals surface area contributed by atoms with E-state index in [4.69, 9.17) is 4.74 Å². The second kappa shape index (κ2) is 6.95. The standard InChI is InChI=1S/C23H21O2S2/c1-16-13-17-7-4-5-10-21(17)27(16)20-9-6-8-18(14-20)22(24)25-23(2,3)19-11-12-26-15-19/h4-15H,1-3H3/q+1. The zero-order valence-corrected chi connectivity index (χ0v) is 17.2. The van der Waals surface area contributed by atoms with Crippen LogP contribution >= 0.6 is 21.8 Å². The summed E-state index contributed by atoms with van der Waals surface area (Å²) in [5, 5.41) is 5.29. The number of esters is 1. The molecule has 136 valence electrons. The maximum atomic E-state index is 12.8. The molecule has 0 aliphatic heterocycles. The smallest absolute Gasteiger partial charge is 0.339 e. The van der Waals surface area contributed by atoms with Gasteiger partial charge in [-0.2, -0.15) is 11.3 Å². The third-order valence-electron chi connectivity index (χ3n) is 4.69. The predicted molar refractivity (Wildman–Crippen MR) is 115 cm³/mol. The third kappa shape index (κ3) is 3.43. The fraction of sp³-hybridized carbons (Fsp3) is 0.174. The van der Waals surface area contributed by atoms with Gasteiger partial charge in [0.1, 0.15) is 5.60 Å². The number of benzene rings is 2. The molecule has 1 unspecified atom stereocenters. The van der Waals surface area contributed by atoms with Gasteiger partial charge in [-0.05, 0) is 54.9 Å². The Balaban J connectivity index is 1.68. The molecule has 4 heteroatoms. The Morgan fingerprint density at radius 3 is 2.63 bits per heavy atom. The van der Waals surface area contributed by atoms with Crippen LogP contribution in [0.2, 0.25) is 0 Å². The lowest BCUT2D eigenvalue weighted by Gasteiger charge is -2.24. The van der Waals surface area contributed by atoms with Crippen LogP contribution in [0.4, 0.5) is 0 Å². The second-order valence-corrected chi connectivity index (χ2v) is 9.99. The Labute approximate surface area is 166 Å². The molecule has 0 saturated carbocycles. The molecule has 2 aromatic carbocycles.